The molecule has 1 N–H and O–H groups in total. The van der Waals surface area contributed by atoms with Crippen LogP contribution in [0.3, 0.4) is 0 Å². The van der Waals surface area contributed by atoms with Crippen LogP contribution in [-0.2, 0) is 14.4 Å². The normalized spacial score (nSPS) is 24.0. The van der Waals surface area contributed by atoms with Crippen LogP contribution in [0.2, 0.25) is 5.02 Å². The molecule has 3 amide bonds. The molecule has 1 saturated carbocycles. The number of carbonyl (C=O) groups excluding carboxylic acids is 3. The second-order valence-electron chi connectivity index (χ2n) is 8.79. The van der Waals surface area contributed by atoms with Gasteiger partial charge in [-0.05, 0) is 59.3 Å². The Bertz CT molecular complexity index is 1250. The quantitative estimate of drug-likeness (QED) is 0.282. The van der Waals surface area contributed by atoms with Gasteiger partial charge in [0.15, 0.2) is 18.1 Å². The van der Waals surface area contributed by atoms with Crippen molar-refractivity contribution in [3.05, 3.63) is 63.6 Å². The predicted octanol–water partition coefficient (Wildman–Crippen LogP) is 4.66. The van der Waals surface area contributed by atoms with Gasteiger partial charge in [-0.25, -0.2) is 0 Å². The minimum Gasteiger partial charge on any atom is -0.490 e. The highest BCUT2D eigenvalue weighted by molar-refractivity contribution is 9.10. The SMILES string of the molecule is CCOc1cc(C=NN2C(=O)[C@@H]3[C@H](C2=O)[C@H]2C=C[C@H]3C2)c(Br)c(Cl)c1OCC(=O)Nc1ccccc1. The third-order valence-corrected chi connectivity index (χ3v) is 8.06. The maximum absolute atomic E-state index is 12.9. The summed E-state index contributed by atoms with van der Waals surface area (Å²) in [6.45, 7) is 1.84. The van der Waals surface area contributed by atoms with Crippen LogP contribution in [0.25, 0.3) is 0 Å². The van der Waals surface area contributed by atoms with Crippen molar-refractivity contribution in [1.82, 2.24) is 5.01 Å². The lowest BCUT2D eigenvalue weighted by Crippen LogP contribution is -2.28. The Kier molecular flexibility index (Phi) is 6.85. The van der Waals surface area contributed by atoms with Crippen molar-refractivity contribution < 1.29 is 23.9 Å². The van der Waals surface area contributed by atoms with Crippen molar-refractivity contribution in [2.45, 2.75) is 13.3 Å². The van der Waals surface area contributed by atoms with Gasteiger partial charge in [0.25, 0.3) is 17.7 Å². The molecule has 10 heteroatoms. The first-order valence-corrected chi connectivity index (χ1v) is 12.8. The van der Waals surface area contributed by atoms with E-state index < -0.39 is 0 Å². The molecule has 186 valence electrons. The lowest BCUT2D eigenvalue weighted by molar-refractivity contribution is -0.140. The zero-order chi connectivity index (χ0) is 25.4. The van der Waals surface area contributed by atoms with Gasteiger partial charge in [-0.3, -0.25) is 14.4 Å². The average Bonchev–Trinajstić information content (AvgIpc) is 3.55. The van der Waals surface area contributed by atoms with Gasteiger partial charge < -0.3 is 14.8 Å². The van der Waals surface area contributed by atoms with Gasteiger partial charge in [0, 0.05) is 15.7 Å². The number of rotatable bonds is 8. The number of hydrogen-bond acceptors (Lipinski definition) is 6. The number of hydrogen-bond donors (Lipinski definition) is 1. The van der Waals surface area contributed by atoms with Gasteiger partial charge in [0.1, 0.15) is 5.02 Å². The smallest absolute Gasteiger partial charge is 0.262 e. The Balaban J connectivity index is 1.33. The lowest BCUT2D eigenvalue weighted by Gasteiger charge is -2.16. The van der Waals surface area contributed by atoms with Crippen LogP contribution in [0.4, 0.5) is 5.69 Å². The molecule has 2 bridgehead atoms. The van der Waals surface area contributed by atoms with Crippen LogP contribution >= 0.6 is 27.5 Å². The number of nitrogens with zero attached hydrogens (tertiary/aromatic N) is 2. The number of carbonyl (C=O) groups is 3. The first-order chi connectivity index (χ1) is 17.4. The number of anilines is 1. The third-order valence-electron chi connectivity index (χ3n) is 6.62. The molecule has 2 fully saturated rings. The minimum atomic E-state index is -0.360. The van der Waals surface area contributed by atoms with Crippen molar-refractivity contribution >= 4 is 57.2 Å². The molecule has 0 radical (unpaired) electrons. The van der Waals surface area contributed by atoms with E-state index in [1.54, 1.807) is 25.1 Å². The van der Waals surface area contributed by atoms with E-state index in [2.05, 4.69) is 26.3 Å². The van der Waals surface area contributed by atoms with E-state index in [4.69, 9.17) is 21.1 Å². The maximum atomic E-state index is 12.9. The zero-order valence-electron chi connectivity index (χ0n) is 19.3. The standard InChI is InChI=1S/C26H23BrClN3O5/c1-2-35-18-11-16(12-29-31-25(33)20-14-8-9-15(10-14)21(20)26(31)34)22(27)23(28)24(18)36-13-19(32)30-17-6-4-3-5-7-17/h3-9,11-12,14-15,20-21H,2,10,13H2,1H3,(H,30,32)/t14-,15-,20-,21+/m0/s1. The van der Waals surface area contributed by atoms with Crippen molar-refractivity contribution in [3.8, 4) is 11.5 Å². The van der Waals surface area contributed by atoms with Gasteiger partial charge in [-0.15, -0.1) is 0 Å². The number of allylic oxidation sites excluding steroid dienone is 2. The van der Waals surface area contributed by atoms with Gasteiger partial charge >= 0.3 is 0 Å². The number of hydrazone groups is 1. The number of fused-ring (bicyclic) bond motifs is 5. The number of imide groups is 1. The van der Waals surface area contributed by atoms with Crippen LogP contribution in [0.15, 0.2) is 58.1 Å². The fourth-order valence-electron chi connectivity index (χ4n) is 5.07. The van der Waals surface area contributed by atoms with E-state index in [9.17, 15) is 14.4 Å². The summed E-state index contributed by atoms with van der Waals surface area (Å²) in [6.07, 6.45) is 6.33. The van der Waals surface area contributed by atoms with E-state index >= 15 is 0 Å². The van der Waals surface area contributed by atoms with Gasteiger partial charge in [-0.2, -0.15) is 10.1 Å². The number of halogens is 2. The summed E-state index contributed by atoms with van der Waals surface area (Å²) in [6, 6.07) is 10.6. The molecule has 2 aromatic carbocycles. The lowest BCUT2D eigenvalue weighted by atomic mass is 9.85. The molecular formula is C26H23BrClN3O5. The van der Waals surface area contributed by atoms with Crippen molar-refractivity contribution in [1.29, 1.82) is 0 Å². The van der Waals surface area contributed by atoms with E-state index in [1.165, 1.54) is 6.21 Å². The summed E-state index contributed by atoms with van der Waals surface area (Å²) in [5.74, 6) is -0.835. The van der Waals surface area contributed by atoms with Crippen molar-refractivity contribution in [3.63, 3.8) is 0 Å². The fraction of sp³-hybridized carbons (Fsp3) is 0.308. The van der Waals surface area contributed by atoms with Gasteiger partial charge in [0.05, 0.1) is 24.7 Å². The Labute approximate surface area is 221 Å². The predicted molar refractivity (Wildman–Crippen MR) is 138 cm³/mol. The van der Waals surface area contributed by atoms with E-state index in [0.717, 1.165) is 11.4 Å². The topological polar surface area (TPSA) is 97.3 Å². The number of amides is 3. The van der Waals surface area contributed by atoms with Crippen LogP contribution in [0.1, 0.15) is 18.9 Å². The molecule has 0 spiro atoms. The fourth-order valence-corrected chi connectivity index (χ4v) is 5.73. The van der Waals surface area contributed by atoms with Gasteiger partial charge in [-0.1, -0.05) is 42.0 Å². The van der Waals surface area contributed by atoms with Crippen molar-refractivity contribution in [2.75, 3.05) is 18.5 Å². The molecule has 36 heavy (non-hydrogen) atoms. The Hall–Kier alpha value is -3.17. The Morgan fingerprint density at radius 3 is 2.47 bits per heavy atom. The summed E-state index contributed by atoms with van der Waals surface area (Å²) in [5.41, 5.74) is 1.14. The molecular weight excluding hydrogens is 550 g/mol. The molecule has 1 heterocycles. The summed E-state index contributed by atoms with van der Waals surface area (Å²) in [5, 5.41) is 8.11. The minimum absolute atomic E-state index is 0.109. The highest BCUT2D eigenvalue weighted by Crippen LogP contribution is 2.52. The van der Waals surface area contributed by atoms with E-state index in [1.807, 2.05) is 30.4 Å². The summed E-state index contributed by atoms with van der Waals surface area (Å²) in [7, 11) is 0. The average molecular weight is 573 g/mol. The second kappa shape index (κ2) is 10.1. The number of nitrogens with one attached hydrogen (secondary N) is 1. The molecule has 2 aromatic rings. The molecule has 3 aliphatic rings. The number of ether oxygens (including phenoxy) is 2. The largest absolute Gasteiger partial charge is 0.490 e. The molecule has 5 rings (SSSR count). The third kappa shape index (κ3) is 4.41. The molecule has 1 saturated heterocycles. The highest BCUT2D eigenvalue weighted by atomic mass is 79.9. The molecule has 4 atom stereocenters. The monoisotopic (exact) mass is 571 g/mol. The summed E-state index contributed by atoms with van der Waals surface area (Å²) >= 11 is 10.00. The summed E-state index contributed by atoms with van der Waals surface area (Å²) < 4.78 is 11.8. The van der Waals surface area contributed by atoms with E-state index in [0.29, 0.717) is 28.1 Å². The molecule has 0 aromatic heterocycles. The highest BCUT2D eigenvalue weighted by Gasteiger charge is 2.59. The molecule has 2 aliphatic carbocycles. The molecule has 0 unspecified atom stereocenters. The Morgan fingerprint density at radius 2 is 1.83 bits per heavy atom. The molecule has 1 aliphatic heterocycles. The molecule has 8 nitrogen and oxygen atoms in total. The zero-order valence-corrected chi connectivity index (χ0v) is 21.7. The van der Waals surface area contributed by atoms with E-state index in [-0.39, 0.29) is 58.8 Å². The van der Waals surface area contributed by atoms with Crippen LogP contribution in [0.5, 0.6) is 11.5 Å². The number of para-hydroxylation sites is 1. The van der Waals surface area contributed by atoms with Crippen LogP contribution in [0, 0.1) is 23.7 Å². The van der Waals surface area contributed by atoms with Crippen LogP contribution < -0.4 is 14.8 Å². The van der Waals surface area contributed by atoms with Gasteiger partial charge in [0.2, 0.25) is 0 Å². The van der Waals surface area contributed by atoms with Crippen LogP contribution in [-0.4, -0.2) is 42.2 Å². The Morgan fingerprint density at radius 1 is 1.17 bits per heavy atom. The summed E-state index contributed by atoms with van der Waals surface area (Å²) in [4.78, 5) is 38.1. The maximum Gasteiger partial charge on any atom is 0.262 e. The number of benzene rings is 2. The second-order valence-corrected chi connectivity index (χ2v) is 9.96. The first-order valence-electron chi connectivity index (χ1n) is 11.6. The first kappa shape index (κ1) is 24.5. The van der Waals surface area contributed by atoms with Crippen molar-refractivity contribution in [2.24, 2.45) is 28.8 Å².